The molecule has 0 amide bonds. The molecule has 0 heterocycles. The number of allylic oxidation sites excluding steroid dienone is 4. The van der Waals surface area contributed by atoms with Gasteiger partial charge in [0.25, 0.3) is 0 Å². The van der Waals surface area contributed by atoms with Crippen molar-refractivity contribution >= 4 is 0 Å². The van der Waals surface area contributed by atoms with E-state index in [0.29, 0.717) is 25.2 Å². The Kier molecular flexibility index (Phi) is 13.7. The second kappa shape index (κ2) is 15.7. The lowest BCUT2D eigenvalue weighted by molar-refractivity contribution is 0.120. The van der Waals surface area contributed by atoms with E-state index in [0.717, 1.165) is 38.4 Å². The number of ether oxygens (including phenoxy) is 3. The molecule has 1 fully saturated rings. The minimum Gasteiger partial charge on any atom is -0.497 e. The second-order valence-corrected chi connectivity index (χ2v) is 7.02. The summed E-state index contributed by atoms with van der Waals surface area (Å²) < 4.78 is 16.8. The molecular weight excluding hydrogens is 338 g/mol. The Morgan fingerprint density at radius 3 is 2.70 bits per heavy atom. The fraction of sp³-hybridized carbons (Fsp3) is 0.652. The van der Waals surface area contributed by atoms with Crippen LogP contribution in [0.15, 0.2) is 47.8 Å². The van der Waals surface area contributed by atoms with Crippen LogP contribution >= 0.6 is 0 Å². The molecule has 0 aromatic rings. The summed E-state index contributed by atoms with van der Waals surface area (Å²) >= 11 is 0. The zero-order chi connectivity index (χ0) is 19.7. The fourth-order valence-corrected chi connectivity index (χ4v) is 2.40. The molecule has 1 unspecified atom stereocenters. The minimum atomic E-state index is 0.386. The van der Waals surface area contributed by atoms with Gasteiger partial charge in [-0.25, -0.2) is 0 Å². The highest BCUT2D eigenvalue weighted by Crippen LogP contribution is 2.19. The van der Waals surface area contributed by atoms with Gasteiger partial charge in [0, 0.05) is 45.2 Å². The summed E-state index contributed by atoms with van der Waals surface area (Å²) in [6.07, 6.45) is 17.1. The van der Waals surface area contributed by atoms with Crippen molar-refractivity contribution in [3.63, 3.8) is 0 Å². The van der Waals surface area contributed by atoms with E-state index in [2.05, 4.69) is 43.5 Å². The van der Waals surface area contributed by atoms with Gasteiger partial charge >= 0.3 is 0 Å². The Morgan fingerprint density at radius 1 is 1.22 bits per heavy atom. The number of hydrogen-bond donors (Lipinski definition) is 1. The van der Waals surface area contributed by atoms with Gasteiger partial charge in [-0.3, -0.25) is 0 Å². The molecule has 0 radical (unpaired) electrons. The normalized spacial score (nSPS) is 17.2. The Labute approximate surface area is 166 Å². The van der Waals surface area contributed by atoms with E-state index in [-0.39, 0.29) is 0 Å². The molecule has 154 valence electrons. The maximum absolute atomic E-state index is 6.06. The zero-order valence-electron chi connectivity index (χ0n) is 17.7. The molecule has 0 aliphatic heterocycles. The standard InChI is InChI=1S/C23H39NO3/c1-5-7-8-10-20(3)19-27-23(6-2)17-21(18-24-22-11-12-22)13-16-26-15-9-14-25-4/h5,7-8,10,13,17,20,22,24H,6,9,11-12,14-16,18-19H2,1-4H3/b7-5-,10-8-,21-13+,23-17+. The van der Waals surface area contributed by atoms with Crippen molar-refractivity contribution < 1.29 is 14.2 Å². The van der Waals surface area contributed by atoms with Gasteiger partial charge in [-0.05, 0) is 37.8 Å². The van der Waals surface area contributed by atoms with Crippen LogP contribution in [0.4, 0.5) is 0 Å². The first-order valence-electron chi connectivity index (χ1n) is 10.3. The van der Waals surface area contributed by atoms with Crippen molar-refractivity contribution in [2.75, 3.05) is 40.1 Å². The van der Waals surface area contributed by atoms with Crippen LogP contribution in [0.2, 0.25) is 0 Å². The van der Waals surface area contributed by atoms with Gasteiger partial charge in [-0.15, -0.1) is 0 Å². The Morgan fingerprint density at radius 2 is 2.04 bits per heavy atom. The smallest absolute Gasteiger partial charge is 0.0960 e. The summed E-state index contributed by atoms with van der Waals surface area (Å²) in [6, 6.07) is 0.687. The van der Waals surface area contributed by atoms with E-state index in [4.69, 9.17) is 14.2 Å². The van der Waals surface area contributed by atoms with E-state index < -0.39 is 0 Å². The molecule has 4 heteroatoms. The summed E-state index contributed by atoms with van der Waals surface area (Å²) in [6.45, 7) is 10.0. The zero-order valence-corrected chi connectivity index (χ0v) is 17.7. The molecule has 4 nitrogen and oxygen atoms in total. The van der Waals surface area contributed by atoms with Gasteiger partial charge in [-0.2, -0.15) is 0 Å². The van der Waals surface area contributed by atoms with Crippen LogP contribution in [0.3, 0.4) is 0 Å². The minimum absolute atomic E-state index is 0.386. The van der Waals surface area contributed by atoms with Crippen LogP contribution in [0.5, 0.6) is 0 Å². The van der Waals surface area contributed by atoms with E-state index >= 15 is 0 Å². The van der Waals surface area contributed by atoms with Crippen molar-refractivity contribution in [3.8, 4) is 0 Å². The molecule has 1 N–H and O–H groups in total. The predicted molar refractivity (Wildman–Crippen MR) is 114 cm³/mol. The molecular formula is C23H39NO3. The Balaban J connectivity index is 2.52. The molecule has 1 aliphatic rings. The maximum Gasteiger partial charge on any atom is 0.0960 e. The molecule has 0 aromatic heterocycles. The van der Waals surface area contributed by atoms with E-state index in [9.17, 15) is 0 Å². The molecule has 0 bridgehead atoms. The van der Waals surface area contributed by atoms with Crippen LogP contribution in [0.1, 0.15) is 46.5 Å². The predicted octanol–water partition coefficient (Wildman–Crippen LogP) is 4.80. The van der Waals surface area contributed by atoms with Gasteiger partial charge in [0.2, 0.25) is 0 Å². The highest BCUT2D eigenvalue weighted by Gasteiger charge is 2.20. The summed E-state index contributed by atoms with van der Waals surface area (Å²) in [5.41, 5.74) is 1.24. The third kappa shape index (κ3) is 13.5. The second-order valence-electron chi connectivity index (χ2n) is 7.02. The Hall–Kier alpha value is -1.36. The van der Waals surface area contributed by atoms with Crippen molar-refractivity contribution in [1.29, 1.82) is 0 Å². The molecule has 0 aromatic carbocycles. The highest BCUT2D eigenvalue weighted by atomic mass is 16.5. The van der Waals surface area contributed by atoms with E-state index in [1.54, 1.807) is 7.11 Å². The topological polar surface area (TPSA) is 39.7 Å². The summed E-state index contributed by atoms with van der Waals surface area (Å²) in [7, 11) is 1.72. The third-order valence-corrected chi connectivity index (χ3v) is 4.24. The molecule has 1 saturated carbocycles. The van der Waals surface area contributed by atoms with Crippen LogP contribution < -0.4 is 5.32 Å². The van der Waals surface area contributed by atoms with Crippen molar-refractivity contribution in [1.82, 2.24) is 5.32 Å². The molecule has 1 atom stereocenters. The lowest BCUT2D eigenvalue weighted by atomic mass is 10.1. The van der Waals surface area contributed by atoms with Crippen LogP contribution in [0.25, 0.3) is 0 Å². The largest absolute Gasteiger partial charge is 0.497 e. The quantitative estimate of drug-likeness (QED) is 0.238. The monoisotopic (exact) mass is 377 g/mol. The summed E-state index contributed by atoms with van der Waals surface area (Å²) in [5, 5.41) is 3.58. The molecule has 1 rings (SSSR count). The first-order chi connectivity index (χ1) is 13.2. The number of rotatable bonds is 16. The van der Waals surface area contributed by atoms with Crippen molar-refractivity contribution in [2.45, 2.75) is 52.5 Å². The van der Waals surface area contributed by atoms with Gasteiger partial charge in [-0.1, -0.05) is 44.2 Å². The average molecular weight is 378 g/mol. The van der Waals surface area contributed by atoms with Crippen LogP contribution in [-0.2, 0) is 14.2 Å². The summed E-state index contributed by atoms with van der Waals surface area (Å²) in [5.74, 6) is 1.42. The lowest BCUT2D eigenvalue weighted by Gasteiger charge is -2.13. The SMILES string of the molecule is C/C=C\C=C/C(C)CO/C(=C/C(=C\COCCCOC)CNC1CC1)CC. The maximum atomic E-state index is 6.06. The summed E-state index contributed by atoms with van der Waals surface area (Å²) in [4.78, 5) is 0. The van der Waals surface area contributed by atoms with E-state index in [1.165, 1.54) is 18.4 Å². The van der Waals surface area contributed by atoms with E-state index in [1.807, 2.05) is 19.1 Å². The molecule has 0 saturated heterocycles. The fourth-order valence-electron chi connectivity index (χ4n) is 2.40. The molecule has 27 heavy (non-hydrogen) atoms. The average Bonchev–Trinajstić information content (AvgIpc) is 3.49. The number of hydrogen-bond acceptors (Lipinski definition) is 4. The number of methoxy groups -OCH3 is 1. The highest BCUT2D eigenvalue weighted by molar-refractivity contribution is 5.23. The lowest BCUT2D eigenvalue weighted by Crippen LogP contribution is -2.19. The van der Waals surface area contributed by atoms with Gasteiger partial charge in [0.15, 0.2) is 0 Å². The third-order valence-electron chi connectivity index (χ3n) is 4.24. The van der Waals surface area contributed by atoms with Crippen LogP contribution in [0, 0.1) is 5.92 Å². The van der Waals surface area contributed by atoms with Crippen molar-refractivity contribution in [3.05, 3.63) is 47.8 Å². The Bertz CT molecular complexity index is 490. The van der Waals surface area contributed by atoms with Crippen LogP contribution in [-0.4, -0.2) is 46.1 Å². The van der Waals surface area contributed by atoms with Gasteiger partial charge in [0.05, 0.1) is 19.0 Å². The van der Waals surface area contributed by atoms with Crippen molar-refractivity contribution in [2.24, 2.45) is 5.92 Å². The first kappa shape index (κ1) is 23.7. The molecule has 0 spiro atoms. The number of nitrogens with one attached hydrogen (secondary N) is 1. The van der Waals surface area contributed by atoms with Gasteiger partial charge in [0.1, 0.15) is 0 Å². The first-order valence-corrected chi connectivity index (χ1v) is 10.3. The molecule has 1 aliphatic carbocycles. The van der Waals surface area contributed by atoms with Gasteiger partial charge < -0.3 is 19.5 Å².